The van der Waals surface area contributed by atoms with Gasteiger partial charge < -0.3 is 19.9 Å². The molecular weight excluding hydrogens is 308 g/mol. The second-order valence-electron chi connectivity index (χ2n) is 5.20. The molecule has 1 aromatic carbocycles. The highest BCUT2D eigenvalue weighted by atomic mass is 16.5. The van der Waals surface area contributed by atoms with Crippen LogP contribution >= 0.6 is 0 Å². The fourth-order valence-electron chi connectivity index (χ4n) is 2.46. The summed E-state index contributed by atoms with van der Waals surface area (Å²) in [5.41, 5.74) is 2.46. The number of anilines is 1. The van der Waals surface area contributed by atoms with E-state index >= 15 is 0 Å². The second-order valence-corrected chi connectivity index (χ2v) is 5.20. The summed E-state index contributed by atoms with van der Waals surface area (Å²) in [4.78, 5) is 4.40. The Morgan fingerprint density at radius 2 is 2.04 bits per heavy atom. The number of nitrogens with one attached hydrogen (secondary N) is 1. The number of fused-ring (bicyclic) bond motifs is 1. The standard InChI is InChI=1S/C17H20N4O3/c1-23-12-4-5-13(15(10-12)24-2)14-11-19-17-7-6-16(20-21(14)17)18-8-3-9-22/h4-7,10-11,22H,3,8-9H2,1-2H3,(H,18,20). The lowest BCUT2D eigenvalue weighted by Gasteiger charge is -2.10. The number of rotatable bonds is 7. The molecule has 2 N–H and O–H groups in total. The van der Waals surface area contributed by atoms with Gasteiger partial charge in [0.25, 0.3) is 0 Å². The van der Waals surface area contributed by atoms with Crippen molar-refractivity contribution < 1.29 is 14.6 Å². The van der Waals surface area contributed by atoms with Crippen LogP contribution in [0.1, 0.15) is 6.42 Å². The molecule has 0 spiro atoms. The van der Waals surface area contributed by atoms with Gasteiger partial charge in [-0.15, -0.1) is 5.10 Å². The van der Waals surface area contributed by atoms with Crippen LogP contribution in [-0.4, -0.2) is 47.1 Å². The molecule has 2 aromatic heterocycles. The van der Waals surface area contributed by atoms with Crippen LogP contribution in [0.3, 0.4) is 0 Å². The van der Waals surface area contributed by atoms with E-state index in [2.05, 4.69) is 15.4 Å². The second kappa shape index (κ2) is 7.18. The molecule has 7 heteroatoms. The van der Waals surface area contributed by atoms with Crippen LogP contribution in [-0.2, 0) is 0 Å². The number of hydrogen-bond donors (Lipinski definition) is 2. The summed E-state index contributed by atoms with van der Waals surface area (Å²) in [7, 11) is 3.24. The first-order valence-corrected chi connectivity index (χ1v) is 7.68. The number of aromatic nitrogens is 3. The number of imidazole rings is 1. The third kappa shape index (κ3) is 3.11. The van der Waals surface area contributed by atoms with Gasteiger partial charge in [0.1, 0.15) is 17.3 Å². The summed E-state index contributed by atoms with van der Waals surface area (Å²) in [6.07, 6.45) is 2.44. The molecule has 0 unspecified atom stereocenters. The summed E-state index contributed by atoms with van der Waals surface area (Å²) in [5.74, 6) is 2.14. The molecular formula is C17H20N4O3. The van der Waals surface area contributed by atoms with Crippen LogP contribution in [0.5, 0.6) is 11.5 Å². The first kappa shape index (κ1) is 16.1. The molecule has 24 heavy (non-hydrogen) atoms. The van der Waals surface area contributed by atoms with Crippen LogP contribution in [0, 0.1) is 0 Å². The maximum Gasteiger partial charge on any atom is 0.154 e. The number of benzene rings is 1. The molecule has 0 saturated carbocycles. The molecule has 3 aromatic rings. The van der Waals surface area contributed by atoms with Crippen molar-refractivity contribution in [3.8, 4) is 22.8 Å². The predicted octanol–water partition coefficient (Wildman–Crippen LogP) is 2.21. The minimum atomic E-state index is 0.147. The number of aliphatic hydroxyl groups is 1. The average Bonchev–Trinajstić information content (AvgIpc) is 3.04. The van der Waals surface area contributed by atoms with E-state index in [0.717, 1.165) is 28.5 Å². The van der Waals surface area contributed by atoms with Crippen LogP contribution in [0.25, 0.3) is 16.9 Å². The Kier molecular flexibility index (Phi) is 4.81. The molecule has 7 nitrogen and oxygen atoms in total. The SMILES string of the molecule is COc1ccc(-c2cnc3ccc(NCCCO)nn23)c(OC)c1. The van der Waals surface area contributed by atoms with E-state index < -0.39 is 0 Å². The molecule has 0 radical (unpaired) electrons. The number of ether oxygens (including phenoxy) is 2. The van der Waals surface area contributed by atoms with Crippen molar-refractivity contribution in [1.29, 1.82) is 0 Å². The topological polar surface area (TPSA) is 80.9 Å². The Labute approximate surface area is 139 Å². The summed E-state index contributed by atoms with van der Waals surface area (Å²) in [5, 5.41) is 16.6. The summed E-state index contributed by atoms with van der Waals surface area (Å²) in [6, 6.07) is 9.40. The van der Waals surface area contributed by atoms with Gasteiger partial charge in [-0.2, -0.15) is 0 Å². The molecule has 0 aliphatic rings. The van der Waals surface area contributed by atoms with E-state index in [1.54, 1.807) is 24.9 Å². The van der Waals surface area contributed by atoms with Crippen LogP contribution in [0.15, 0.2) is 36.5 Å². The Morgan fingerprint density at radius 3 is 2.79 bits per heavy atom. The average molecular weight is 328 g/mol. The smallest absolute Gasteiger partial charge is 0.154 e. The van der Waals surface area contributed by atoms with E-state index in [1.165, 1.54) is 0 Å². The lowest BCUT2D eigenvalue weighted by atomic mass is 10.1. The minimum Gasteiger partial charge on any atom is -0.497 e. The molecule has 0 atom stereocenters. The van der Waals surface area contributed by atoms with Crippen molar-refractivity contribution >= 4 is 11.5 Å². The van der Waals surface area contributed by atoms with Crippen molar-refractivity contribution in [2.24, 2.45) is 0 Å². The molecule has 0 amide bonds. The molecule has 126 valence electrons. The summed E-state index contributed by atoms with van der Waals surface area (Å²) >= 11 is 0. The zero-order valence-corrected chi connectivity index (χ0v) is 13.7. The number of hydrogen-bond acceptors (Lipinski definition) is 6. The van der Waals surface area contributed by atoms with Gasteiger partial charge >= 0.3 is 0 Å². The van der Waals surface area contributed by atoms with Gasteiger partial charge in [-0.25, -0.2) is 9.50 Å². The molecule has 0 aliphatic heterocycles. The number of aliphatic hydroxyl groups excluding tert-OH is 1. The van der Waals surface area contributed by atoms with E-state index in [-0.39, 0.29) is 6.61 Å². The lowest BCUT2D eigenvalue weighted by molar-refractivity contribution is 0.292. The van der Waals surface area contributed by atoms with Crippen molar-refractivity contribution in [2.75, 3.05) is 32.7 Å². The Balaban J connectivity index is 2.01. The van der Waals surface area contributed by atoms with Gasteiger partial charge in [0.15, 0.2) is 5.65 Å². The summed E-state index contributed by atoms with van der Waals surface area (Å²) < 4.78 is 12.5. The van der Waals surface area contributed by atoms with Crippen molar-refractivity contribution in [1.82, 2.24) is 14.6 Å². The van der Waals surface area contributed by atoms with Gasteiger partial charge in [-0.1, -0.05) is 0 Å². The zero-order chi connectivity index (χ0) is 16.9. The fraction of sp³-hybridized carbons (Fsp3) is 0.294. The largest absolute Gasteiger partial charge is 0.497 e. The monoisotopic (exact) mass is 328 g/mol. The van der Waals surface area contributed by atoms with E-state index in [9.17, 15) is 0 Å². The first-order chi connectivity index (χ1) is 11.8. The highest BCUT2D eigenvalue weighted by Crippen LogP contribution is 2.33. The number of nitrogens with zero attached hydrogens (tertiary/aromatic N) is 3. The third-order valence-corrected chi connectivity index (χ3v) is 3.69. The zero-order valence-electron chi connectivity index (χ0n) is 13.7. The van der Waals surface area contributed by atoms with Crippen molar-refractivity contribution in [3.63, 3.8) is 0 Å². The van der Waals surface area contributed by atoms with Crippen LogP contribution in [0.4, 0.5) is 5.82 Å². The van der Waals surface area contributed by atoms with Crippen molar-refractivity contribution in [2.45, 2.75) is 6.42 Å². The predicted molar refractivity (Wildman–Crippen MR) is 91.7 cm³/mol. The van der Waals surface area contributed by atoms with Crippen LogP contribution in [0.2, 0.25) is 0 Å². The van der Waals surface area contributed by atoms with Gasteiger partial charge in [0, 0.05) is 24.8 Å². The fourth-order valence-corrected chi connectivity index (χ4v) is 2.46. The van der Waals surface area contributed by atoms with Gasteiger partial charge in [0.05, 0.1) is 26.1 Å². The van der Waals surface area contributed by atoms with Crippen molar-refractivity contribution in [3.05, 3.63) is 36.5 Å². The maximum absolute atomic E-state index is 8.88. The van der Waals surface area contributed by atoms with Crippen LogP contribution < -0.4 is 14.8 Å². The number of methoxy groups -OCH3 is 2. The highest BCUT2D eigenvalue weighted by molar-refractivity contribution is 5.71. The lowest BCUT2D eigenvalue weighted by Crippen LogP contribution is -2.07. The van der Waals surface area contributed by atoms with Gasteiger partial charge in [0.2, 0.25) is 0 Å². The first-order valence-electron chi connectivity index (χ1n) is 7.68. The highest BCUT2D eigenvalue weighted by Gasteiger charge is 2.13. The normalized spacial score (nSPS) is 10.8. The Hall–Kier alpha value is -2.80. The van der Waals surface area contributed by atoms with E-state index in [1.807, 2.05) is 30.3 Å². The van der Waals surface area contributed by atoms with Gasteiger partial charge in [-0.3, -0.25) is 0 Å². The van der Waals surface area contributed by atoms with Gasteiger partial charge in [-0.05, 0) is 30.7 Å². The van der Waals surface area contributed by atoms with E-state index in [0.29, 0.717) is 18.7 Å². The molecule has 0 bridgehead atoms. The minimum absolute atomic E-state index is 0.147. The Bertz CT molecular complexity index is 832. The molecule has 0 fully saturated rings. The molecule has 3 rings (SSSR count). The quantitative estimate of drug-likeness (QED) is 0.647. The third-order valence-electron chi connectivity index (χ3n) is 3.69. The summed E-state index contributed by atoms with van der Waals surface area (Å²) in [6.45, 7) is 0.805. The maximum atomic E-state index is 8.88. The molecule has 0 saturated heterocycles. The molecule has 0 aliphatic carbocycles. The molecule has 2 heterocycles. The van der Waals surface area contributed by atoms with E-state index in [4.69, 9.17) is 14.6 Å². The Morgan fingerprint density at radius 1 is 1.17 bits per heavy atom.